The number of nitrogens with zero attached hydrogens (tertiary/aromatic N) is 1. The molecule has 0 unspecified atom stereocenters. The summed E-state index contributed by atoms with van der Waals surface area (Å²) < 4.78 is 12.2. The molecule has 0 saturated heterocycles. The molecule has 1 atom stereocenters. The molecule has 30 heavy (non-hydrogen) atoms. The van der Waals surface area contributed by atoms with Gasteiger partial charge in [-0.25, -0.2) is 4.79 Å². The van der Waals surface area contributed by atoms with Crippen molar-refractivity contribution in [3.8, 4) is 5.75 Å². The van der Waals surface area contributed by atoms with Crippen molar-refractivity contribution in [1.82, 2.24) is 4.57 Å². The maximum absolute atomic E-state index is 13.0. The summed E-state index contributed by atoms with van der Waals surface area (Å²) in [4.78, 5) is 37.4. The Labute approximate surface area is 174 Å². The van der Waals surface area contributed by atoms with Crippen LogP contribution in [-0.4, -0.2) is 29.3 Å². The highest BCUT2D eigenvalue weighted by molar-refractivity contribution is 6.00. The molecule has 0 radical (unpaired) electrons. The third-order valence-electron chi connectivity index (χ3n) is 4.52. The molecule has 1 aromatic heterocycles. The first-order valence-electron chi connectivity index (χ1n) is 9.27. The number of esters is 1. The molecule has 3 rings (SSSR count). The highest BCUT2D eigenvalue weighted by Crippen LogP contribution is 2.24. The van der Waals surface area contributed by atoms with Crippen LogP contribution in [0.1, 0.15) is 39.4 Å². The number of benzene rings is 2. The van der Waals surface area contributed by atoms with E-state index in [1.807, 2.05) is 0 Å². The summed E-state index contributed by atoms with van der Waals surface area (Å²) in [7, 11) is 3.17. The van der Waals surface area contributed by atoms with Gasteiger partial charge in [-0.05, 0) is 25.1 Å². The molecule has 0 bridgehead atoms. The van der Waals surface area contributed by atoms with Crippen LogP contribution in [0.4, 0.5) is 5.69 Å². The monoisotopic (exact) mass is 406 g/mol. The summed E-state index contributed by atoms with van der Waals surface area (Å²) in [5, 5.41) is 2.75. The van der Waals surface area contributed by atoms with Crippen molar-refractivity contribution in [2.24, 2.45) is 7.05 Å². The Morgan fingerprint density at radius 1 is 1.00 bits per heavy atom. The van der Waals surface area contributed by atoms with Crippen LogP contribution < -0.4 is 10.1 Å². The summed E-state index contributed by atoms with van der Waals surface area (Å²) in [6.45, 7) is 1.42. The van der Waals surface area contributed by atoms with Crippen LogP contribution in [-0.2, 0) is 16.6 Å². The number of amides is 1. The Kier molecular flexibility index (Phi) is 6.32. The first kappa shape index (κ1) is 20.9. The molecule has 7 heteroatoms. The largest absolute Gasteiger partial charge is 0.497 e. The van der Waals surface area contributed by atoms with E-state index < -0.39 is 18.0 Å². The molecule has 0 spiro atoms. The van der Waals surface area contributed by atoms with Crippen LogP contribution in [0.2, 0.25) is 0 Å². The third kappa shape index (κ3) is 4.75. The lowest BCUT2D eigenvalue weighted by molar-refractivity contribution is -0.125. The van der Waals surface area contributed by atoms with Crippen LogP contribution in [0.3, 0.4) is 0 Å². The predicted molar refractivity (Wildman–Crippen MR) is 112 cm³/mol. The quantitative estimate of drug-likeness (QED) is 0.477. The van der Waals surface area contributed by atoms with E-state index in [1.54, 1.807) is 67.8 Å². The number of hydrogen-bond acceptors (Lipinski definition) is 5. The SMILES string of the molecule is COc1cccc(NC(=O)[C@H](OC(=O)c2cc(C(C)=O)cn2C)c2ccccc2)c1. The summed E-state index contributed by atoms with van der Waals surface area (Å²) >= 11 is 0. The molecular weight excluding hydrogens is 384 g/mol. The highest BCUT2D eigenvalue weighted by atomic mass is 16.5. The Morgan fingerprint density at radius 2 is 1.73 bits per heavy atom. The second-order valence-corrected chi connectivity index (χ2v) is 6.70. The molecule has 2 aromatic carbocycles. The van der Waals surface area contributed by atoms with E-state index >= 15 is 0 Å². The fourth-order valence-corrected chi connectivity index (χ4v) is 2.94. The average Bonchev–Trinajstić information content (AvgIpc) is 3.14. The van der Waals surface area contributed by atoms with Gasteiger partial charge >= 0.3 is 5.97 Å². The van der Waals surface area contributed by atoms with E-state index in [0.29, 0.717) is 22.6 Å². The van der Waals surface area contributed by atoms with Gasteiger partial charge in [0, 0.05) is 36.1 Å². The number of ketones is 1. The summed E-state index contributed by atoms with van der Waals surface area (Å²) in [6, 6.07) is 17.0. The zero-order valence-corrected chi connectivity index (χ0v) is 16.9. The number of aryl methyl sites for hydroxylation is 1. The van der Waals surface area contributed by atoms with Crippen molar-refractivity contribution in [1.29, 1.82) is 0 Å². The number of carbonyl (C=O) groups excluding carboxylic acids is 3. The van der Waals surface area contributed by atoms with Crippen molar-refractivity contribution in [3.63, 3.8) is 0 Å². The number of rotatable bonds is 7. The second kappa shape index (κ2) is 9.09. The molecule has 0 saturated carbocycles. The first-order chi connectivity index (χ1) is 14.4. The molecule has 154 valence electrons. The zero-order chi connectivity index (χ0) is 21.7. The van der Waals surface area contributed by atoms with Gasteiger partial charge in [0.1, 0.15) is 11.4 Å². The smallest absolute Gasteiger partial charge is 0.356 e. The van der Waals surface area contributed by atoms with Crippen LogP contribution >= 0.6 is 0 Å². The van der Waals surface area contributed by atoms with Crippen molar-refractivity contribution in [2.75, 3.05) is 12.4 Å². The number of Topliss-reactive ketones (excluding diaryl/α,β-unsaturated/α-hetero) is 1. The molecule has 7 nitrogen and oxygen atoms in total. The molecule has 1 heterocycles. The van der Waals surface area contributed by atoms with Crippen LogP contribution in [0.25, 0.3) is 0 Å². The van der Waals surface area contributed by atoms with Gasteiger partial charge < -0.3 is 19.4 Å². The topological polar surface area (TPSA) is 86.6 Å². The van der Waals surface area contributed by atoms with E-state index in [9.17, 15) is 14.4 Å². The van der Waals surface area contributed by atoms with E-state index in [1.165, 1.54) is 24.7 Å². The van der Waals surface area contributed by atoms with Crippen LogP contribution in [0, 0.1) is 0 Å². The van der Waals surface area contributed by atoms with Crippen LogP contribution in [0.5, 0.6) is 5.75 Å². The molecule has 3 aromatic rings. The first-order valence-corrected chi connectivity index (χ1v) is 9.27. The van der Waals surface area contributed by atoms with Crippen molar-refractivity contribution >= 4 is 23.3 Å². The lowest BCUT2D eigenvalue weighted by Crippen LogP contribution is -2.26. The normalized spacial score (nSPS) is 11.4. The number of hydrogen-bond donors (Lipinski definition) is 1. The Balaban J connectivity index is 1.86. The third-order valence-corrected chi connectivity index (χ3v) is 4.52. The molecule has 1 amide bonds. The number of methoxy groups -OCH3 is 1. The fourth-order valence-electron chi connectivity index (χ4n) is 2.94. The van der Waals surface area contributed by atoms with Crippen molar-refractivity contribution < 1.29 is 23.9 Å². The van der Waals surface area contributed by atoms with Gasteiger partial charge in [-0.15, -0.1) is 0 Å². The van der Waals surface area contributed by atoms with Gasteiger partial charge in [0.25, 0.3) is 5.91 Å². The fraction of sp³-hybridized carbons (Fsp3) is 0.174. The van der Waals surface area contributed by atoms with Crippen LogP contribution in [0.15, 0.2) is 66.9 Å². The number of carbonyl (C=O) groups is 3. The van der Waals surface area contributed by atoms with Gasteiger partial charge in [-0.2, -0.15) is 0 Å². The van der Waals surface area contributed by atoms with Gasteiger partial charge in [-0.3, -0.25) is 9.59 Å². The summed E-state index contributed by atoms with van der Waals surface area (Å²) in [5.74, 6) is -0.801. The average molecular weight is 406 g/mol. The summed E-state index contributed by atoms with van der Waals surface area (Å²) in [6.07, 6.45) is 0.368. The maximum Gasteiger partial charge on any atom is 0.356 e. The number of aromatic nitrogens is 1. The Hall–Kier alpha value is -3.87. The lowest BCUT2D eigenvalue weighted by atomic mass is 10.1. The number of nitrogens with one attached hydrogen (secondary N) is 1. The minimum atomic E-state index is -1.18. The minimum absolute atomic E-state index is 0.167. The lowest BCUT2D eigenvalue weighted by Gasteiger charge is -2.18. The van der Waals surface area contributed by atoms with Gasteiger partial charge in [0.15, 0.2) is 5.78 Å². The van der Waals surface area contributed by atoms with E-state index in [2.05, 4.69) is 5.32 Å². The molecule has 0 aliphatic carbocycles. The molecule has 0 fully saturated rings. The molecular formula is C23H22N2O5. The van der Waals surface area contributed by atoms with Gasteiger partial charge in [-0.1, -0.05) is 36.4 Å². The second-order valence-electron chi connectivity index (χ2n) is 6.70. The van der Waals surface area contributed by atoms with Crippen molar-refractivity contribution in [3.05, 3.63) is 83.7 Å². The highest BCUT2D eigenvalue weighted by Gasteiger charge is 2.27. The molecule has 1 N–H and O–H groups in total. The Morgan fingerprint density at radius 3 is 2.37 bits per heavy atom. The molecule has 0 aliphatic rings. The number of anilines is 1. The van der Waals surface area contributed by atoms with Crippen molar-refractivity contribution in [2.45, 2.75) is 13.0 Å². The van der Waals surface area contributed by atoms with E-state index in [-0.39, 0.29) is 11.5 Å². The standard InChI is InChI=1S/C23H22N2O5/c1-15(26)17-12-20(25(2)14-17)23(28)30-21(16-8-5-4-6-9-16)22(27)24-18-10-7-11-19(13-18)29-3/h4-14,21H,1-3H3,(H,24,27)/t21-/m1/s1. The minimum Gasteiger partial charge on any atom is -0.497 e. The van der Waals surface area contributed by atoms with E-state index in [0.717, 1.165) is 0 Å². The zero-order valence-electron chi connectivity index (χ0n) is 16.9. The predicted octanol–water partition coefficient (Wildman–Crippen LogP) is 3.77. The number of ether oxygens (including phenoxy) is 2. The Bertz CT molecular complexity index is 1070. The van der Waals surface area contributed by atoms with Gasteiger partial charge in [0.2, 0.25) is 6.10 Å². The summed E-state index contributed by atoms with van der Waals surface area (Å²) in [5.41, 5.74) is 1.60. The molecule has 0 aliphatic heterocycles. The maximum atomic E-state index is 13.0. The van der Waals surface area contributed by atoms with Gasteiger partial charge in [0.05, 0.1) is 7.11 Å². The van der Waals surface area contributed by atoms with E-state index in [4.69, 9.17) is 9.47 Å².